The van der Waals surface area contributed by atoms with Crippen LogP contribution in [0.15, 0.2) is 48.7 Å². The maximum absolute atomic E-state index is 6.01. The SMILES string of the molecule is CC(C)Oc1ccc(Nc2cnnc(Nc3ccc(Cl)c(Cl)c3)n2)cc1. The largest absolute Gasteiger partial charge is 0.491 e. The Morgan fingerprint density at radius 2 is 1.65 bits per heavy atom. The zero-order valence-corrected chi connectivity index (χ0v) is 15.7. The van der Waals surface area contributed by atoms with E-state index in [0.717, 1.165) is 11.4 Å². The van der Waals surface area contributed by atoms with Crippen molar-refractivity contribution in [1.82, 2.24) is 15.2 Å². The number of aromatic nitrogens is 3. The van der Waals surface area contributed by atoms with Crippen molar-refractivity contribution in [3.63, 3.8) is 0 Å². The molecule has 0 saturated heterocycles. The third-order valence-electron chi connectivity index (χ3n) is 3.23. The van der Waals surface area contributed by atoms with Crippen molar-refractivity contribution in [2.75, 3.05) is 10.6 Å². The predicted molar refractivity (Wildman–Crippen MR) is 105 cm³/mol. The third-order valence-corrected chi connectivity index (χ3v) is 3.97. The van der Waals surface area contributed by atoms with Crippen LogP contribution in [-0.2, 0) is 0 Å². The highest BCUT2D eigenvalue weighted by atomic mass is 35.5. The number of nitrogens with one attached hydrogen (secondary N) is 2. The Bertz CT molecular complexity index is 887. The van der Waals surface area contributed by atoms with Crippen molar-refractivity contribution in [1.29, 1.82) is 0 Å². The number of anilines is 4. The molecule has 134 valence electrons. The second-order valence-electron chi connectivity index (χ2n) is 5.74. The standard InChI is InChI=1S/C18H17Cl2N5O/c1-11(2)26-14-6-3-12(4-7-14)22-17-10-21-25-18(24-17)23-13-5-8-15(19)16(20)9-13/h3-11H,1-2H3,(H2,22,23,24,25). The lowest BCUT2D eigenvalue weighted by atomic mass is 10.3. The second-order valence-corrected chi connectivity index (χ2v) is 6.55. The molecule has 1 aromatic heterocycles. The number of halogens is 2. The number of ether oxygens (including phenoxy) is 1. The molecule has 0 unspecified atom stereocenters. The van der Waals surface area contributed by atoms with Crippen LogP contribution in [0.1, 0.15) is 13.8 Å². The highest BCUT2D eigenvalue weighted by molar-refractivity contribution is 6.42. The minimum absolute atomic E-state index is 0.134. The van der Waals surface area contributed by atoms with Crippen LogP contribution >= 0.6 is 23.2 Å². The molecule has 0 saturated carbocycles. The van der Waals surface area contributed by atoms with Gasteiger partial charge in [0, 0.05) is 11.4 Å². The van der Waals surface area contributed by atoms with E-state index in [1.165, 1.54) is 0 Å². The summed E-state index contributed by atoms with van der Waals surface area (Å²) in [6, 6.07) is 12.8. The molecule has 1 heterocycles. The monoisotopic (exact) mass is 389 g/mol. The first-order chi connectivity index (χ1) is 12.5. The van der Waals surface area contributed by atoms with E-state index in [2.05, 4.69) is 25.8 Å². The average Bonchev–Trinajstić information content (AvgIpc) is 2.60. The van der Waals surface area contributed by atoms with Gasteiger partial charge in [0.05, 0.1) is 22.3 Å². The normalized spacial score (nSPS) is 10.7. The molecule has 0 bridgehead atoms. The van der Waals surface area contributed by atoms with Gasteiger partial charge in [-0.15, -0.1) is 5.10 Å². The maximum atomic E-state index is 6.01. The molecule has 0 aliphatic heterocycles. The Morgan fingerprint density at radius 3 is 2.35 bits per heavy atom. The summed E-state index contributed by atoms with van der Waals surface area (Å²) in [5, 5.41) is 15.1. The van der Waals surface area contributed by atoms with Gasteiger partial charge < -0.3 is 15.4 Å². The van der Waals surface area contributed by atoms with Gasteiger partial charge in [-0.3, -0.25) is 0 Å². The van der Waals surface area contributed by atoms with E-state index in [0.29, 0.717) is 27.5 Å². The first kappa shape index (κ1) is 18.2. The average molecular weight is 390 g/mol. The van der Waals surface area contributed by atoms with Crippen molar-refractivity contribution in [3.8, 4) is 5.75 Å². The fourth-order valence-corrected chi connectivity index (χ4v) is 2.45. The molecular formula is C18H17Cl2N5O. The van der Waals surface area contributed by atoms with Crippen LogP contribution in [0.2, 0.25) is 10.0 Å². The molecule has 8 heteroatoms. The number of rotatable bonds is 6. The molecule has 3 aromatic rings. The van der Waals surface area contributed by atoms with Gasteiger partial charge in [-0.2, -0.15) is 10.1 Å². The summed E-state index contributed by atoms with van der Waals surface area (Å²) in [5.41, 5.74) is 1.58. The van der Waals surface area contributed by atoms with E-state index in [-0.39, 0.29) is 6.10 Å². The molecule has 2 N–H and O–H groups in total. The second kappa shape index (κ2) is 8.21. The van der Waals surface area contributed by atoms with Gasteiger partial charge in [-0.25, -0.2) is 0 Å². The summed E-state index contributed by atoms with van der Waals surface area (Å²) in [7, 11) is 0. The third kappa shape index (κ3) is 4.97. The van der Waals surface area contributed by atoms with Gasteiger partial charge in [0.1, 0.15) is 5.75 Å². The molecule has 0 amide bonds. The zero-order valence-electron chi connectivity index (χ0n) is 14.2. The maximum Gasteiger partial charge on any atom is 0.249 e. The summed E-state index contributed by atoms with van der Waals surface area (Å²) < 4.78 is 5.63. The van der Waals surface area contributed by atoms with E-state index >= 15 is 0 Å². The fourth-order valence-electron chi connectivity index (χ4n) is 2.16. The lowest BCUT2D eigenvalue weighted by molar-refractivity contribution is 0.242. The molecule has 3 rings (SSSR count). The highest BCUT2D eigenvalue weighted by Gasteiger charge is 2.05. The number of nitrogens with zero attached hydrogens (tertiary/aromatic N) is 3. The molecule has 0 fully saturated rings. The van der Waals surface area contributed by atoms with Crippen LogP contribution < -0.4 is 15.4 Å². The Morgan fingerprint density at radius 1 is 0.923 bits per heavy atom. The van der Waals surface area contributed by atoms with Crippen molar-refractivity contribution in [2.24, 2.45) is 0 Å². The van der Waals surface area contributed by atoms with E-state index in [9.17, 15) is 0 Å². The Balaban J connectivity index is 1.69. The van der Waals surface area contributed by atoms with Crippen LogP contribution in [0.4, 0.5) is 23.1 Å². The smallest absolute Gasteiger partial charge is 0.249 e. The number of benzene rings is 2. The molecule has 26 heavy (non-hydrogen) atoms. The van der Waals surface area contributed by atoms with Crippen LogP contribution in [0.25, 0.3) is 0 Å². The van der Waals surface area contributed by atoms with Crippen LogP contribution in [-0.4, -0.2) is 21.3 Å². The molecule has 0 radical (unpaired) electrons. The van der Waals surface area contributed by atoms with Gasteiger partial charge in [0.25, 0.3) is 0 Å². The molecule has 0 atom stereocenters. The van der Waals surface area contributed by atoms with Crippen LogP contribution in [0.5, 0.6) is 5.75 Å². The summed E-state index contributed by atoms with van der Waals surface area (Å²) in [6.07, 6.45) is 1.67. The van der Waals surface area contributed by atoms with Crippen molar-refractivity contribution >= 4 is 46.3 Å². The Labute approximate surface area is 161 Å². The summed E-state index contributed by atoms with van der Waals surface area (Å²) >= 11 is 11.9. The van der Waals surface area contributed by atoms with E-state index in [1.54, 1.807) is 24.4 Å². The van der Waals surface area contributed by atoms with Crippen molar-refractivity contribution < 1.29 is 4.74 Å². The van der Waals surface area contributed by atoms with Crippen molar-refractivity contribution in [3.05, 3.63) is 58.7 Å². The fraction of sp³-hybridized carbons (Fsp3) is 0.167. The summed E-state index contributed by atoms with van der Waals surface area (Å²) in [6.45, 7) is 3.97. The van der Waals surface area contributed by atoms with Crippen molar-refractivity contribution in [2.45, 2.75) is 20.0 Å². The predicted octanol–water partition coefficient (Wildman–Crippen LogP) is 5.45. The summed E-state index contributed by atoms with van der Waals surface area (Å²) in [5.74, 6) is 1.71. The minimum atomic E-state index is 0.134. The van der Waals surface area contributed by atoms with Gasteiger partial charge in [-0.1, -0.05) is 23.2 Å². The van der Waals surface area contributed by atoms with Crippen LogP contribution in [0, 0.1) is 0 Å². The molecule has 0 aliphatic rings. The minimum Gasteiger partial charge on any atom is -0.491 e. The zero-order chi connectivity index (χ0) is 18.5. The number of hydrogen-bond donors (Lipinski definition) is 2. The van der Waals surface area contributed by atoms with Gasteiger partial charge >= 0.3 is 0 Å². The lowest BCUT2D eigenvalue weighted by Gasteiger charge is -2.11. The highest BCUT2D eigenvalue weighted by Crippen LogP contribution is 2.26. The van der Waals surface area contributed by atoms with Crippen LogP contribution in [0.3, 0.4) is 0 Å². The summed E-state index contributed by atoms with van der Waals surface area (Å²) in [4.78, 5) is 4.38. The van der Waals surface area contributed by atoms with Gasteiger partial charge in [-0.05, 0) is 56.3 Å². The number of hydrogen-bond acceptors (Lipinski definition) is 6. The Hall–Kier alpha value is -2.57. The molecule has 0 spiro atoms. The van der Waals surface area contributed by atoms with Gasteiger partial charge in [0.2, 0.25) is 5.95 Å². The van der Waals surface area contributed by atoms with E-state index < -0.39 is 0 Å². The first-order valence-corrected chi connectivity index (χ1v) is 8.71. The first-order valence-electron chi connectivity index (χ1n) is 7.95. The van der Waals surface area contributed by atoms with E-state index in [4.69, 9.17) is 27.9 Å². The quantitative estimate of drug-likeness (QED) is 0.583. The van der Waals surface area contributed by atoms with Gasteiger partial charge in [0.15, 0.2) is 5.82 Å². The molecule has 2 aromatic carbocycles. The van der Waals surface area contributed by atoms with E-state index in [1.807, 2.05) is 38.1 Å². The Kier molecular flexibility index (Phi) is 5.75. The lowest BCUT2D eigenvalue weighted by Crippen LogP contribution is -2.05. The molecular weight excluding hydrogens is 373 g/mol. The molecule has 0 aliphatic carbocycles. The molecule has 6 nitrogen and oxygen atoms in total. The topological polar surface area (TPSA) is 72.0 Å².